The number of ether oxygens (including phenoxy) is 1. The monoisotopic (exact) mass is 525 g/mol. The summed E-state index contributed by atoms with van der Waals surface area (Å²) in [7, 11) is 0. The van der Waals surface area contributed by atoms with Crippen molar-refractivity contribution < 1.29 is 19.4 Å². The second-order valence-corrected chi connectivity index (χ2v) is 10.4. The van der Waals surface area contributed by atoms with Gasteiger partial charge in [0.1, 0.15) is 17.9 Å². The number of carboxylic acids is 1. The molecule has 3 aromatic rings. The number of carbonyl (C=O) groups is 2. The molecule has 4 rings (SSSR count). The van der Waals surface area contributed by atoms with E-state index in [-0.39, 0.29) is 24.5 Å². The lowest BCUT2D eigenvalue weighted by molar-refractivity contribution is -0.144. The molecule has 36 heavy (non-hydrogen) atoms. The standard InChI is InChI=1S/C29H29Cl2NO4/c1-29(17-22-5-9-24(30)10-6-22)18-23-15-21(7-11-26(23)36-29)8-12-27(33)32(19-28(34)35)14-13-20-3-2-4-25(31)16-20/h2-7,9-11,15-16H,8,12-14,17-19H2,1H3,(H,34,35)/t29-/m1/s1. The molecule has 1 amide bonds. The third kappa shape index (κ3) is 7.02. The van der Waals surface area contributed by atoms with Crippen molar-refractivity contribution >= 4 is 35.1 Å². The zero-order valence-electron chi connectivity index (χ0n) is 20.2. The van der Waals surface area contributed by atoms with Crippen LogP contribution in [0.2, 0.25) is 10.0 Å². The minimum atomic E-state index is -1.02. The lowest BCUT2D eigenvalue weighted by Crippen LogP contribution is -2.37. The first-order valence-electron chi connectivity index (χ1n) is 12.0. The number of benzene rings is 3. The fourth-order valence-corrected chi connectivity index (χ4v) is 5.02. The van der Waals surface area contributed by atoms with Gasteiger partial charge in [0.05, 0.1) is 0 Å². The fourth-order valence-electron chi connectivity index (χ4n) is 4.68. The highest BCUT2D eigenvalue weighted by molar-refractivity contribution is 6.30. The highest BCUT2D eigenvalue weighted by atomic mass is 35.5. The van der Waals surface area contributed by atoms with Crippen LogP contribution in [0.5, 0.6) is 5.75 Å². The molecule has 0 fully saturated rings. The molecular formula is C29H29Cl2NO4. The van der Waals surface area contributed by atoms with Gasteiger partial charge < -0.3 is 14.7 Å². The van der Waals surface area contributed by atoms with Gasteiger partial charge in [-0.3, -0.25) is 9.59 Å². The average molecular weight is 526 g/mol. The summed E-state index contributed by atoms with van der Waals surface area (Å²) < 4.78 is 6.29. The third-order valence-electron chi connectivity index (χ3n) is 6.40. The quantitative estimate of drug-likeness (QED) is 0.351. The first-order chi connectivity index (χ1) is 17.2. The van der Waals surface area contributed by atoms with Gasteiger partial charge in [0.2, 0.25) is 5.91 Å². The lowest BCUT2D eigenvalue weighted by Gasteiger charge is -2.24. The van der Waals surface area contributed by atoms with Crippen LogP contribution in [-0.4, -0.2) is 40.6 Å². The summed E-state index contributed by atoms with van der Waals surface area (Å²) in [6.07, 6.45) is 2.86. The van der Waals surface area contributed by atoms with Crippen molar-refractivity contribution in [2.75, 3.05) is 13.1 Å². The Hall–Kier alpha value is -3.02. The Kier molecular flexibility index (Phi) is 8.22. The Morgan fingerprint density at radius 3 is 2.39 bits per heavy atom. The summed E-state index contributed by atoms with van der Waals surface area (Å²) in [5.74, 6) is -0.330. The number of fused-ring (bicyclic) bond motifs is 1. The summed E-state index contributed by atoms with van der Waals surface area (Å²) in [5.41, 5.74) is 3.94. The number of nitrogens with zero attached hydrogens (tertiary/aromatic N) is 1. The normalized spacial score (nSPS) is 16.3. The van der Waals surface area contributed by atoms with E-state index in [0.717, 1.165) is 40.8 Å². The topological polar surface area (TPSA) is 66.8 Å². The molecule has 0 unspecified atom stereocenters. The van der Waals surface area contributed by atoms with Gasteiger partial charge in [-0.1, -0.05) is 59.6 Å². The van der Waals surface area contributed by atoms with E-state index in [2.05, 4.69) is 13.0 Å². The van der Waals surface area contributed by atoms with Crippen LogP contribution in [0.25, 0.3) is 0 Å². The highest BCUT2D eigenvalue weighted by Crippen LogP contribution is 2.37. The number of carboxylic acid groups (broad SMARTS) is 1. The van der Waals surface area contributed by atoms with Gasteiger partial charge >= 0.3 is 5.97 Å². The number of halogens is 2. The predicted molar refractivity (Wildman–Crippen MR) is 142 cm³/mol. The van der Waals surface area contributed by atoms with E-state index in [4.69, 9.17) is 27.9 Å². The Balaban J connectivity index is 1.35. The molecule has 1 heterocycles. The van der Waals surface area contributed by atoms with Crippen molar-refractivity contribution in [3.05, 3.63) is 99.0 Å². The summed E-state index contributed by atoms with van der Waals surface area (Å²) in [6, 6.07) is 21.2. The fraction of sp³-hybridized carbons (Fsp3) is 0.310. The van der Waals surface area contributed by atoms with Crippen LogP contribution in [-0.2, 0) is 35.3 Å². The average Bonchev–Trinajstić information content (AvgIpc) is 3.16. The van der Waals surface area contributed by atoms with Crippen LogP contribution in [0, 0.1) is 0 Å². The maximum absolute atomic E-state index is 12.9. The Morgan fingerprint density at radius 2 is 1.67 bits per heavy atom. The number of aliphatic carboxylic acids is 1. The molecule has 5 nitrogen and oxygen atoms in total. The molecule has 1 aliphatic heterocycles. The Labute approximate surface area is 221 Å². The van der Waals surface area contributed by atoms with E-state index in [1.54, 1.807) is 6.07 Å². The van der Waals surface area contributed by atoms with Crippen LogP contribution >= 0.6 is 23.2 Å². The third-order valence-corrected chi connectivity index (χ3v) is 6.89. The summed E-state index contributed by atoms with van der Waals surface area (Å²) in [4.78, 5) is 25.7. The zero-order valence-corrected chi connectivity index (χ0v) is 21.7. The molecule has 0 spiro atoms. The van der Waals surface area contributed by atoms with Gasteiger partial charge in [-0.15, -0.1) is 0 Å². The number of rotatable bonds is 10. The predicted octanol–water partition coefficient (Wildman–Crippen LogP) is 6.02. The molecule has 0 aromatic heterocycles. The SMILES string of the molecule is C[C@@]1(Cc2ccc(Cl)cc2)Cc2cc(CCC(=O)N(CCc3cccc(Cl)c3)CC(=O)O)ccc2O1. The van der Waals surface area contributed by atoms with Gasteiger partial charge in [0, 0.05) is 35.9 Å². The largest absolute Gasteiger partial charge is 0.487 e. The van der Waals surface area contributed by atoms with Crippen molar-refractivity contribution in [3.8, 4) is 5.75 Å². The van der Waals surface area contributed by atoms with Crippen molar-refractivity contribution in [1.82, 2.24) is 4.90 Å². The van der Waals surface area contributed by atoms with Crippen LogP contribution in [0.3, 0.4) is 0 Å². The molecule has 0 bridgehead atoms. The number of aryl methyl sites for hydroxylation is 1. The van der Waals surface area contributed by atoms with Crippen molar-refractivity contribution in [3.63, 3.8) is 0 Å². The number of hydrogen-bond acceptors (Lipinski definition) is 3. The first kappa shape index (κ1) is 26.1. The van der Waals surface area contributed by atoms with Crippen LogP contribution < -0.4 is 4.74 Å². The molecule has 1 N–H and O–H groups in total. The lowest BCUT2D eigenvalue weighted by atomic mass is 9.91. The van der Waals surface area contributed by atoms with Gasteiger partial charge in [0.15, 0.2) is 0 Å². The van der Waals surface area contributed by atoms with Gasteiger partial charge in [-0.2, -0.15) is 0 Å². The van der Waals surface area contributed by atoms with Crippen LogP contribution in [0.1, 0.15) is 35.6 Å². The molecule has 0 aliphatic carbocycles. The molecular weight excluding hydrogens is 497 g/mol. The van der Waals surface area contributed by atoms with Gasteiger partial charge in [-0.05, 0) is 72.4 Å². The summed E-state index contributed by atoms with van der Waals surface area (Å²) in [5, 5.41) is 10.6. The van der Waals surface area contributed by atoms with Crippen molar-refractivity contribution in [1.29, 1.82) is 0 Å². The van der Waals surface area contributed by atoms with E-state index < -0.39 is 5.97 Å². The van der Waals surface area contributed by atoms with E-state index in [9.17, 15) is 14.7 Å². The van der Waals surface area contributed by atoms with Crippen LogP contribution in [0.4, 0.5) is 0 Å². The number of carbonyl (C=O) groups excluding carboxylic acids is 1. The zero-order chi connectivity index (χ0) is 25.7. The van der Waals surface area contributed by atoms with Gasteiger partial charge in [0.25, 0.3) is 0 Å². The first-order valence-corrected chi connectivity index (χ1v) is 12.7. The van der Waals surface area contributed by atoms with E-state index in [1.807, 2.05) is 54.6 Å². The molecule has 7 heteroatoms. The second-order valence-electron chi connectivity index (χ2n) is 9.56. The number of amides is 1. The minimum absolute atomic E-state index is 0.177. The van der Waals surface area contributed by atoms with E-state index in [0.29, 0.717) is 29.4 Å². The summed E-state index contributed by atoms with van der Waals surface area (Å²) >= 11 is 12.0. The van der Waals surface area contributed by atoms with Crippen molar-refractivity contribution in [2.45, 2.75) is 44.6 Å². The van der Waals surface area contributed by atoms with E-state index >= 15 is 0 Å². The highest BCUT2D eigenvalue weighted by Gasteiger charge is 2.35. The smallest absolute Gasteiger partial charge is 0.323 e. The van der Waals surface area contributed by atoms with Crippen molar-refractivity contribution in [2.24, 2.45) is 0 Å². The molecule has 1 aliphatic rings. The number of hydrogen-bond donors (Lipinski definition) is 1. The minimum Gasteiger partial charge on any atom is -0.487 e. The maximum atomic E-state index is 12.9. The van der Waals surface area contributed by atoms with E-state index in [1.165, 1.54) is 4.90 Å². The Morgan fingerprint density at radius 1 is 0.944 bits per heavy atom. The maximum Gasteiger partial charge on any atom is 0.323 e. The Bertz CT molecular complexity index is 1240. The molecule has 0 radical (unpaired) electrons. The summed E-state index contributed by atoms with van der Waals surface area (Å²) in [6.45, 7) is 2.11. The molecule has 188 valence electrons. The van der Waals surface area contributed by atoms with Gasteiger partial charge in [-0.25, -0.2) is 0 Å². The second kappa shape index (κ2) is 11.4. The molecule has 0 saturated heterocycles. The van der Waals surface area contributed by atoms with Crippen LogP contribution in [0.15, 0.2) is 66.7 Å². The molecule has 3 aromatic carbocycles. The molecule has 1 atom stereocenters. The molecule has 0 saturated carbocycles.